The van der Waals surface area contributed by atoms with Gasteiger partial charge in [-0.3, -0.25) is 9.59 Å². The van der Waals surface area contributed by atoms with Crippen molar-refractivity contribution in [2.24, 2.45) is 0 Å². The van der Waals surface area contributed by atoms with Gasteiger partial charge in [-0.15, -0.1) is 0 Å². The first kappa shape index (κ1) is 24.1. The second kappa shape index (κ2) is 11.3. The third-order valence-corrected chi connectivity index (χ3v) is 4.92. The van der Waals surface area contributed by atoms with Crippen molar-refractivity contribution in [3.63, 3.8) is 0 Å². The molecule has 0 radical (unpaired) electrons. The third-order valence-electron chi connectivity index (χ3n) is 4.92. The summed E-state index contributed by atoms with van der Waals surface area (Å²) >= 11 is 0. The first-order valence-corrected chi connectivity index (χ1v) is 10.6. The predicted octanol–water partition coefficient (Wildman–Crippen LogP) is 4.88. The molecule has 0 bridgehead atoms. The molecular formula is C27H25N3O4. The van der Waals surface area contributed by atoms with Gasteiger partial charge in [0.2, 0.25) is 0 Å². The van der Waals surface area contributed by atoms with Crippen LogP contribution in [0.2, 0.25) is 0 Å². The molecule has 0 unspecified atom stereocenters. The van der Waals surface area contributed by atoms with Crippen LogP contribution in [0.25, 0.3) is 6.08 Å². The van der Waals surface area contributed by atoms with Gasteiger partial charge in [-0.1, -0.05) is 36.4 Å². The molecule has 0 spiro atoms. The Labute approximate surface area is 198 Å². The van der Waals surface area contributed by atoms with Gasteiger partial charge in [0.05, 0.1) is 7.11 Å². The molecule has 0 aromatic heterocycles. The number of nitriles is 1. The lowest BCUT2D eigenvalue weighted by Crippen LogP contribution is -2.20. The fourth-order valence-corrected chi connectivity index (χ4v) is 3.17. The number of aryl methyl sites for hydroxylation is 2. The average molecular weight is 456 g/mol. The van der Waals surface area contributed by atoms with Crippen molar-refractivity contribution in [3.8, 4) is 17.6 Å². The molecule has 0 saturated carbocycles. The molecule has 34 heavy (non-hydrogen) atoms. The van der Waals surface area contributed by atoms with E-state index in [0.717, 1.165) is 16.8 Å². The normalized spacial score (nSPS) is 10.7. The van der Waals surface area contributed by atoms with E-state index in [1.54, 1.807) is 24.3 Å². The highest BCUT2D eigenvalue weighted by molar-refractivity contribution is 6.09. The van der Waals surface area contributed by atoms with E-state index < -0.39 is 5.91 Å². The molecule has 0 heterocycles. The average Bonchev–Trinajstić information content (AvgIpc) is 2.82. The molecule has 0 aliphatic rings. The number of para-hydroxylation sites is 1. The molecule has 7 nitrogen and oxygen atoms in total. The second-order valence-electron chi connectivity index (χ2n) is 7.56. The number of anilines is 2. The van der Waals surface area contributed by atoms with Crippen LogP contribution in [0.3, 0.4) is 0 Å². The Morgan fingerprint density at radius 2 is 1.76 bits per heavy atom. The van der Waals surface area contributed by atoms with Gasteiger partial charge in [0.25, 0.3) is 11.8 Å². The van der Waals surface area contributed by atoms with Crippen molar-refractivity contribution in [1.82, 2.24) is 0 Å². The quantitative estimate of drug-likeness (QED) is 0.373. The number of nitrogens with one attached hydrogen (secondary N) is 2. The smallest absolute Gasteiger partial charge is 0.266 e. The van der Waals surface area contributed by atoms with Gasteiger partial charge in [-0.25, -0.2) is 0 Å². The van der Waals surface area contributed by atoms with Gasteiger partial charge in [0.1, 0.15) is 11.6 Å². The minimum Gasteiger partial charge on any atom is -0.493 e. The van der Waals surface area contributed by atoms with Gasteiger partial charge in [-0.2, -0.15) is 5.26 Å². The third kappa shape index (κ3) is 6.47. The zero-order valence-electron chi connectivity index (χ0n) is 19.2. The second-order valence-corrected chi connectivity index (χ2v) is 7.56. The van der Waals surface area contributed by atoms with E-state index >= 15 is 0 Å². The van der Waals surface area contributed by atoms with Crippen LogP contribution < -0.4 is 20.1 Å². The van der Waals surface area contributed by atoms with E-state index in [-0.39, 0.29) is 18.1 Å². The minimum absolute atomic E-state index is 0.0603. The predicted molar refractivity (Wildman–Crippen MR) is 132 cm³/mol. The van der Waals surface area contributed by atoms with E-state index in [4.69, 9.17) is 9.47 Å². The molecular weight excluding hydrogens is 430 g/mol. The number of hydrogen-bond acceptors (Lipinski definition) is 5. The van der Waals surface area contributed by atoms with Gasteiger partial charge < -0.3 is 20.1 Å². The first-order chi connectivity index (χ1) is 16.4. The van der Waals surface area contributed by atoms with Crippen molar-refractivity contribution in [2.45, 2.75) is 13.8 Å². The number of hydrogen-bond donors (Lipinski definition) is 2. The Balaban J connectivity index is 1.68. The lowest BCUT2D eigenvalue weighted by molar-refractivity contribution is -0.118. The van der Waals surface area contributed by atoms with Crippen LogP contribution >= 0.6 is 0 Å². The Hall–Kier alpha value is -4.57. The van der Waals surface area contributed by atoms with Crippen LogP contribution in [0.1, 0.15) is 16.7 Å². The van der Waals surface area contributed by atoms with Crippen LogP contribution in [-0.4, -0.2) is 25.5 Å². The van der Waals surface area contributed by atoms with Crippen LogP contribution in [0.4, 0.5) is 11.4 Å². The monoisotopic (exact) mass is 455 g/mol. The summed E-state index contributed by atoms with van der Waals surface area (Å²) in [5.74, 6) is -0.0868. The molecule has 172 valence electrons. The van der Waals surface area contributed by atoms with E-state index in [0.29, 0.717) is 22.7 Å². The SMILES string of the molecule is COc1cc(/C=C(\C#N)C(=O)Nc2cccc(C)c2)ccc1OCC(=O)Nc1ccccc1C. The van der Waals surface area contributed by atoms with Gasteiger partial charge in [-0.05, 0) is 66.9 Å². The van der Waals surface area contributed by atoms with Crippen LogP contribution in [0, 0.1) is 25.2 Å². The van der Waals surface area contributed by atoms with Crippen molar-refractivity contribution < 1.29 is 19.1 Å². The lowest BCUT2D eigenvalue weighted by atomic mass is 10.1. The minimum atomic E-state index is -0.514. The Morgan fingerprint density at radius 1 is 0.971 bits per heavy atom. The summed E-state index contributed by atoms with van der Waals surface area (Å²) in [4.78, 5) is 24.8. The molecule has 3 rings (SSSR count). The summed E-state index contributed by atoms with van der Waals surface area (Å²) in [5, 5.41) is 15.0. The maximum atomic E-state index is 12.5. The molecule has 0 aliphatic carbocycles. The number of carbonyl (C=O) groups is 2. The maximum Gasteiger partial charge on any atom is 0.266 e. The Kier molecular flexibility index (Phi) is 8.03. The largest absolute Gasteiger partial charge is 0.493 e. The summed E-state index contributed by atoms with van der Waals surface area (Å²) in [7, 11) is 1.47. The summed E-state index contributed by atoms with van der Waals surface area (Å²) in [6.45, 7) is 3.61. The van der Waals surface area contributed by atoms with Crippen molar-refractivity contribution >= 4 is 29.3 Å². The van der Waals surface area contributed by atoms with E-state index in [2.05, 4.69) is 10.6 Å². The first-order valence-electron chi connectivity index (χ1n) is 10.6. The standard InChI is InChI=1S/C27H25N3O4/c1-18-7-6-9-22(13-18)29-27(32)21(16-28)14-20-11-12-24(25(15-20)33-3)34-17-26(31)30-23-10-5-4-8-19(23)2/h4-15H,17H2,1-3H3,(H,29,32)(H,30,31)/b21-14+. The zero-order chi connectivity index (χ0) is 24.5. The summed E-state index contributed by atoms with van der Waals surface area (Å²) in [6.07, 6.45) is 1.46. The molecule has 7 heteroatoms. The number of rotatable bonds is 8. The molecule has 2 amide bonds. The summed E-state index contributed by atoms with van der Waals surface area (Å²) in [5.41, 5.74) is 3.78. The highest BCUT2D eigenvalue weighted by atomic mass is 16.5. The number of benzene rings is 3. The molecule has 0 atom stereocenters. The lowest BCUT2D eigenvalue weighted by Gasteiger charge is -2.12. The van der Waals surface area contributed by atoms with Gasteiger partial charge >= 0.3 is 0 Å². The van der Waals surface area contributed by atoms with Crippen LogP contribution in [0.15, 0.2) is 72.3 Å². The summed E-state index contributed by atoms with van der Waals surface area (Å²) in [6, 6.07) is 21.6. The van der Waals surface area contributed by atoms with E-state index in [9.17, 15) is 14.9 Å². The number of nitrogens with zero attached hydrogens (tertiary/aromatic N) is 1. The van der Waals surface area contributed by atoms with Crippen LogP contribution in [-0.2, 0) is 9.59 Å². The molecule has 0 aliphatic heterocycles. The van der Waals surface area contributed by atoms with E-state index in [1.165, 1.54) is 13.2 Å². The number of amides is 2. The van der Waals surface area contributed by atoms with Crippen molar-refractivity contribution in [1.29, 1.82) is 5.26 Å². The van der Waals surface area contributed by atoms with Crippen molar-refractivity contribution in [2.75, 3.05) is 24.4 Å². The maximum absolute atomic E-state index is 12.5. The fraction of sp³-hybridized carbons (Fsp3) is 0.148. The molecule has 0 saturated heterocycles. The van der Waals surface area contributed by atoms with Gasteiger partial charge in [0, 0.05) is 11.4 Å². The zero-order valence-corrected chi connectivity index (χ0v) is 19.2. The fourth-order valence-electron chi connectivity index (χ4n) is 3.17. The number of ether oxygens (including phenoxy) is 2. The highest BCUT2D eigenvalue weighted by Crippen LogP contribution is 2.29. The van der Waals surface area contributed by atoms with Crippen molar-refractivity contribution in [3.05, 3.63) is 89.0 Å². The molecule has 2 N–H and O–H groups in total. The van der Waals surface area contributed by atoms with Crippen LogP contribution in [0.5, 0.6) is 11.5 Å². The number of methoxy groups -OCH3 is 1. The molecule has 3 aromatic carbocycles. The van der Waals surface area contributed by atoms with Gasteiger partial charge in [0.15, 0.2) is 18.1 Å². The highest BCUT2D eigenvalue weighted by Gasteiger charge is 2.13. The van der Waals surface area contributed by atoms with E-state index in [1.807, 2.05) is 62.4 Å². The molecule has 3 aromatic rings. The molecule has 0 fully saturated rings. The summed E-state index contributed by atoms with van der Waals surface area (Å²) < 4.78 is 11.0. The Morgan fingerprint density at radius 3 is 2.47 bits per heavy atom. The topological polar surface area (TPSA) is 100 Å². The Bertz CT molecular complexity index is 1270. The number of carbonyl (C=O) groups excluding carboxylic acids is 2.